The molecule has 3 rings (SSSR count). The van der Waals surface area contributed by atoms with Gasteiger partial charge in [0.25, 0.3) is 5.91 Å². The van der Waals surface area contributed by atoms with Crippen LogP contribution in [0.2, 0.25) is 0 Å². The Morgan fingerprint density at radius 3 is 3.16 bits per heavy atom. The standard InChI is InChI=1S/C15H20N2O2/c18-10-14-2-1-7-17(14)15(19)12-4-3-11-5-6-16-9-13(11)8-12/h3-4,8,14,16,18H,1-2,5-7,9-10H2. The lowest BCUT2D eigenvalue weighted by Gasteiger charge is -2.24. The second kappa shape index (κ2) is 5.31. The highest BCUT2D eigenvalue weighted by molar-refractivity contribution is 5.95. The van der Waals surface area contributed by atoms with Crippen molar-refractivity contribution >= 4 is 5.91 Å². The van der Waals surface area contributed by atoms with Crippen LogP contribution in [0.3, 0.4) is 0 Å². The summed E-state index contributed by atoms with van der Waals surface area (Å²) in [7, 11) is 0. The Balaban J connectivity index is 1.83. The number of carbonyl (C=O) groups is 1. The molecule has 0 saturated carbocycles. The summed E-state index contributed by atoms with van der Waals surface area (Å²) in [4.78, 5) is 14.3. The van der Waals surface area contributed by atoms with Crippen LogP contribution in [0.5, 0.6) is 0 Å². The fourth-order valence-electron chi connectivity index (χ4n) is 3.07. The van der Waals surface area contributed by atoms with Crippen molar-refractivity contribution in [1.29, 1.82) is 0 Å². The number of fused-ring (bicyclic) bond motifs is 1. The van der Waals surface area contributed by atoms with E-state index in [1.54, 1.807) is 0 Å². The highest BCUT2D eigenvalue weighted by atomic mass is 16.3. The second-order valence-electron chi connectivity index (χ2n) is 5.39. The average Bonchev–Trinajstić information content (AvgIpc) is 2.94. The fourth-order valence-corrected chi connectivity index (χ4v) is 3.07. The van der Waals surface area contributed by atoms with E-state index in [2.05, 4.69) is 11.4 Å². The number of likely N-dealkylation sites (tertiary alicyclic amines) is 1. The summed E-state index contributed by atoms with van der Waals surface area (Å²) < 4.78 is 0. The van der Waals surface area contributed by atoms with Gasteiger partial charge in [0.2, 0.25) is 0 Å². The van der Waals surface area contributed by atoms with E-state index in [-0.39, 0.29) is 18.6 Å². The van der Waals surface area contributed by atoms with Crippen LogP contribution in [-0.2, 0) is 13.0 Å². The van der Waals surface area contributed by atoms with Gasteiger partial charge >= 0.3 is 0 Å². The number of amides is 1. The Morgan fingerprint density at radius 1 is 1.42 bits per heavy atom. The average molecular weight is 260 g/mol. The lowest BCUT2D eigenvalue weighted by atomic mass is 9.98. The molecule has 2 aliphatic rings. The monoisotopic (exact) mass is 260 g/mol. The number of aliphatic hydroxyl groups is 1. The van der Waals surface area contributed by atoms with E-state index in [0.29, 0.717) is 0 Å². The molecule has 1 fully saturated rings. The minimum atomic E-state index is 0.00153. The molecule has 1 aromatic carbocycles. The van der Waals surface area contributed by atoms with Gasteiger partial charge in [-0.15, -0.1) is 0 Å². The van der Waals surface area contributed by atoms with Crippen molar-refractivity contribution in [3.05, 3.63) is 34.9 Å². The van der Waals surface area contributed by atoms with E-state index in [4.69, 9.17) is 0 Å². The van der Waals surface area contributed by atoms with E-state index in [1.807, 2.05) is 17.0 Å². The van der Waals surface area contributed by atoms with Crippen LogP contribution in [0, 0.1) is 0 Å². The van der Waals surface area contributed by atoms with Gasteiger partial charge in [-0.1, -0.05) is 6.07 Å². The predicted molar refractivity (Wildman–Crippen MR) is 73.0 cm³/mol. The quantitative estimate of drug-likeness (QED) is 0.831. The van der Waals surface area contributed by atoms with Gasteiger partial charge in [-0.25, -0.2) is 0 Å². The van der Waals surface area contributed by atoms with Gasteiger partial charge in [0.1, 0.15) is 0 Å². The molecular weight excluding hydrogens is 240 g/mol. The number of nitrogens with one attached hydrogen (secondary N) is 1. The number of rotatable bonds is 2. The number of aliphatic hydroxyl groups excluding tert-OH is 1. The lowest BCUT2D eigenvalue weighted by molar-refractivity contribution is 0.0677. The molecule has 0 aromatic heterocycles. The molecule has 2 aliphatic heterocycles. The summed E-state index contributed by atoms with van der Waals surface area (Å²) >= 11 is 0. The molecule has 1 unspecified atom stereocenters. The molecule has 0 aliphatic carbocycles. The largest absolute Gasteiger partial charge is 0.394 e. The van der Waals surface area contributed by atoms with Crippen LogP contribution in [-0.4, -0.2) is 41.7 Å². The van der Waals surface area contributed by atoms with Crippen molar-refractivity contribution in [3.8, 4) is 0 Å². The third-order valence-electron chi connectivity index (χ3n) is 4.19. The molecule has 1 amide bonds. The van der Waals surface area contributed by atoms with Gasteiger partial charge in [0.05, 0.1) is 12.6 Å². The maximum Gasteiger partial charge on any atom is 0.254 e. The van der Waals surface area contributed by atoms with Crippen LogP contribution in [0.15, 0.2) is 18.2 Å². The Hall–Kier alpha value is -1.39. The zero-order valence-electron chi connectivity index (χ0n) is 11.1. The SMILES string of the molecule is O=C(c1ccc2c(c1)CNCC2)N1CCCC1CO. The van der Waals surface area contributed by atoms with Crippen molar-refractivity contribution in [2.24, 2.45) is 0 Å². The van der Waals surface area contributed by atoms with Crippen LogP contribution >= 0.6 is 0 Å². The van der Waals surface area contributed by atoms with Gasteiger partial charge < -0.3 is 15.3 Å². The fraction of sp³-hybridized carbons (Fsp3) is 0.533. The summed E-state index contributed by atoms with van der Waals surface area (Å²) in [5.41, 5.74) is 3.33. The smallest absolute Gasteiger partial charge is 0.254 e. The van der Waals surface area contributed by atoms with E-state index in [0.717, 1.165) is 44.5 Å². The molecule has 102 valence electrons. The maximum absolute atomic E-state index is 12.5. The molecule has 0 spiro atoms. The number of hydrogen-bond donors (Lipinski definition) is 2. The Bertz CT molecular complexity index is 487. The van der Waals surface area contributed by atoms with Crippen molar-refractivity contribution in [3.63, 3.8) is 0 Å². The highest BCUT2D eigenvalue weighted by Gasteiger charge is 2.29. The first-order chi connectivity index (χ1) is 9.29. The number of nitrogens with zero attached hydrogens (tertiary/aromatic N) is 1. The number of hydrogen-bond acceptors (Lipinski definition) is 3. The van der Waals surface area contributed by atoms with Crippen LogP contribution in [0.25, 0.3) is 0 Å². The van der Waals surface area contributed by atoms with E-state index in [9.17, 15) is 9.90 Å². The Kier molecular flexibility index (Phi) is 3.53. The van der Waals surface area contributed by atoms with E-state index < -0.39 is 0 Å². The first kappa shape index (κ1) is 12.6. The normalized spacial score (nSPS) is 22.4. The Morgan fingerprint density at radius 2 is 2.32 bits per heavy atom. The van der Waals surface area contributed by atoms with Crippen LogP contribution in [0.1, 0.15) is 34.3 Å². The third kappa shape index (κ3) is 2.38. The molecular formula is C15H20N2O2. The molecule has 2 heterocycles. The van der Waals surface area contributed by atoms with E-state index in [1.165, 1.54) is 11.1 Å². The lowest BCUT2D eigenvalue weighted by Crippen LogP contribution is -2.37. The predicted octanol–water partition coefficient (Wildman–Crippen LogP) is 0.929. The Labute approximate surface area is 113 Å². The molecule has 1 saturated heterocycles. The van der Waals surface area contributed by atoms with Crippen molar-refractivity contribution in [2.75, 3.05) is 19.7 Å². The molecule has 0 radical (unpaired) electrons. The molecule has 4 heteroatoms. The van der Waals surface area contributed by atoms with Gasteiger partial charge in [0, 0.05) is 18.7 Å². The van der Waals surface area contributed by atoms with Crippen molar-refractivity contribution in [1.82, 2.24) is 10.2 Å². The number of benzene rings is 1. The molecule has 2 N–H and O–H groups in total. The summed E-state index contributed by atoms with van der Waals surface area (Å²) in [6, 6.07) is 6.02. The molecule has 1 atom stereocenters. The topological polar surface area (TPSA) is 52.6 Å². The first-order valence-electron chi connectivity index (χ1n) is 7.04. The zero-order chi connectivity index (χ0) is 13.2. The van der Waals surface area contributed by atoms with Gasteiger partial charge in [-0.3, -0.25) is 4.79 Å². The number of carbonyl (C=O) groups excluding carboxylic acids is 1. The molecule has 0 bridgehead atoms. The summed E-state index contributed by atoms with van der Waals surface area (Å²) in [6.07, 6.45) is 2.94. The second-order valence-corrected chi connectivity index (χ2v) is 5.39. The van der Waals surface area contributed by atoms with Gasteiger partial charge in [-0.05, 0) is 49.1 Å². The zero-order valence-corrected chi connectivity index (χ0v) is 11.1. The first-order valence-corrected chi connectivity index (χ1v) is 7.04. The van der Waals surface area contributed by atoms with Crippen LogP contribution in [0.4, 0.5) is 0 Å². The summed E-state index contributed by atoms with van der Waals surface area (Å²) in [6.45, 7) is 2.69. The molecule has 19 heavy (non-hydrogen) atoms. The van der Waals surface area contributed by atoms with Crippen LogP contribution < -0.4 is 5.32 Å². The molecule has 1 aromatic rings. The summed E-state index contributed by atoms with van der Waals surface area (Å²) in [5, 5.41) is 12.7. The van der Waals surface area contributed by atoms with Crippen molar-refractivity contribution in [2.45, 2.75) is 31.8 Å². The van der Waals surface area contributed by atoms with E-state index >= 15 is 0 Å². The van der Waals surface area contributed by atoms with Gasteiger partial charge in [0.15, 0.2) is 0 Å². The van der Waals surface area contributed by atoms with Crippen molar-refractivity contribution < 1.29 is 9.90 Å². The highest BCUT2D eigenvalue weighted by Crippen LogP contribution is 2.22. The minimum absolute atomic E-state index is 0.00153. The summed E-state index contributed by atoms with van der Waals surface area (Å²) in [5.74, 6) is 0.0601. The minimum Gasteiger partial charge on any atom is -0.394 e. The third-order valence-corrected chi connectivity index (χ3v) is 4.19. The van der Waals surface area contributed by atoms with Gasteiger partial charge in [-0.2, -0.15) is 0 Å². The molecule has 4 nitrogen and oxygen atoms in total. The maximum atomic E-state index is 12.5.